The molecule has 2 aromatic heterocycles. The van der Waals surface area contributed by atoms with E-state index in [1.165, 1.54) is 23.1 Å². The topological polar surface area (TPSA) is 83.0 Å². The van der Waals surface area contributed by atoms with Gasteiger partial charge in [0.1, 0.15) is 18.1 Å². The van der Waals surface area contributed by atoms with E-state index in [4.69, 9.17) is 13.9 Å². The van der Waals surface area contributed by atoms with Crippen molar-refractivity contribution in [3.05, 3.63) is 122 Å². The number of carbonyl (C=O) groups is 1. The monoisotopic (exact) mass is 558 g/mol. The van der Waals surface area contributed by atoms with Gasteiger partial charge in [-0.3, -0.25) is 9.36 Å². The lowest BCUT2D eigenvalue weighted by Gasteiger charge is -2.24. The highest BCUT2D eigenvalue weighted by atomic mass is 32.2. The molecule has 1 aliphatic heterocycles. The highest BCUT2D eigenvalue weighted by molar-refractivity contribution is 7.99. The van der Waals surface area contributed by atoms with E-state index in [-0.39, 0.29) is 12.2 Å². The molecule has 0 N–H and O–H groups in total. The summed E-state index contributed by atoms with van der Waals surface area (Å²) in [6.07, 6.45) is 3.38. The molecule has 5 rings (SSSR count). The number of rotatable bonds is 9. The molecule has 0 spiro atoms. The van der Waals surface area contributed by atoms with Gasteiger partial charge in [0, 0.05) is 11.0 Å². The smallest absolute Gasteiger partial charge is 0.338 e. The van der Waals surface area contributed by atoms with E-state index in [2.05, 4.69) is 11.6 Å². The predicted octanol–water partition coefficient (Wildman–Crippen LogP) is 5.11. The number of aromatic nitrogens is 1. The van der Waals surface area contributed by atoms with Crippen molar-refractivity contribution in [2.24, 2.45) is 4.99 Å². The number of thiazole rings is 1. The van der Waals surface area contributed by atoms with Crippen LogP contribution in [0.15, 0.2) is 115 Å². The maximum absolute atomic E-state index is 13.8. The van der Waals surface area contributed by atoms with Gasteiger partial charge in [-0.2, -0.15) is 0 Å². The minimum atomic E-state index is -0.697. The molecule has 0 saturated carbocycles. The Hall–Kier alpha value is -4.08. The molecule has 39 heavy (non-hydrogen) atoms. The van der Waals surface area contributed by atoms with Crippen molar-refractivity contribution in [3.63, 3.8) is 0 Å². The lowest BCUT2D eigenvalue weighted by atomic mass is 9.96. The van der Waals surface area contributed by atoms with Gasteiger partial charge >= 0.3 is 5.97 Å². The summed E-state index contributed by atoms with van der Waals surface area (Å²) < 4.78 is 19.0. The second-order valence-electron chi connectivity index (χ2n) is 8.54. The molecule has 0 amide bonds. The van der Waals surface area contributed by atoms with Crippen molar-refractivity contribution in [2.75, 3.05) is 13.2 Å². The van der Waals surface area contributed by atoms with Crippen LogP contribution < -0.4 is 19.6 Å². The summed E-state index contributed by atoms with van der Waals surface area (Å²) >= 11 is 2.76. The van der Waals surface area contributed by atoms with E-state index in [9.17, 15) is 9.59 Å². The third kappa shape index (κ3) is 5.69. The van der Waals surface area contributed by atoms with E-state index in [0.717, 1.165) is 15.6 Å². The quantitative estimate of drug-likeness (QED) is 0.210. The average Bonchev–Trinajstić information content (AvgIpc) is 3.50. The SMILES string of the molecule is C=CCOc1ccc([C@H]2C(C(=O)OCC)=C(C)N=c3s/c(=C/c4ccc(Sc5ccccc5)o4)c(=O)n32)cc1. The first-order valence-electron chi connectivity index (χ1n) is 12.3. The number of hydrogen-bond acceptors (Lipinski definition) is 8. The molecule has 198 valence electrons. The zero-order chi connectivity index (χ0) is 27.4. The van der Waals surface area contributed by atoms with Crippen LogP contribution in [0.4, 0.5) is 0 Å². The molecule has 0 fully saturated rings. The lowest BCUT2D eigenvalue weighted by molar-refractivity contribution is -0.139. The molecule has 0 bridgehead atoms. The van der Waals surface area contributed by atoms with E-state index >= 15 is 0 Å². The number of allylic oxidation sites excluding steroid dienone is 1. The Morgan fingerprint density at radius 1 is 1.15 bits per heavy atom. The number of nitrogens with zero attached hydrogens (tertiary/aromatic N) is 2. The minimum absolute atomic E-state index is 0.211. The first-order valence-corrected chi connectivity index (χ1v) is 14.0. The van der Waals surface area contributed by atoms with E-state index < -0.39 is 12.0 Å². The van der Waals surface area contributed by atoms with Gasteiger partial charge in [0.2, 0.25) is 0 Å². The summed E-state index contributed by atoms with van der Waals surface area (Å²) in [4.78, 5) is 33.0. The Kier molecular flexibility index (Phi) is 7.99. The second-order valence-corrected chi connectivity index (χ2v) is 10.6. The van der Waals surface area contributed by atoms with Crippen LogP contribution in [0.2, 0.25) is 0 Å². The number of carbonyl (C=O) groups excluding carboxylic acids is 1. The number of fused-ring (bicyclic) bond motifs is 1. The van der Waals surface area contributed by atoms with Crippen LogP contribution in [0.25, 0.3) is 6.08 Å². The molecule has 0 saturated heterocycles. The molecule has 4 aromatic rings. The van der Waals surface area contributed by atoms with E-state index in [1.54, 1.807) is 30.6 Å². The fourth-order valence-corrected chi connectivity index (χ4v) is 6.04. The summed E-state index contributed by atoms with van der Waals surface area (Å²) in [6, 6.07) is 20.2. The predicted molar refractivity (Wildman–Crippen MR) is 152 cm³/mol. The number of esters is 1. The van der Waals surface area contributed by atoms with Gasteiger partial charge in [-0.15, -0.1) is 0 Å². The number of furan rings is 1. The van der Waals surface area contributed by atoms with Crippen LogP contribution in [0.3, 0.4) is 0 Å². The normalized spacial score (nSPS) is 15.0. The molecule has 0 radical (unpaired) electrons. The first kappa shape index (κ1) is 26.5. The largest absolute Gasteiger partial charge is 0.490 e. The van der Waals surface area contributed by atoms with Gasteiger partial charge in [0.25, 0.3) is 5.56 Å². The van der Waals surface area contributed by atoms with Crippen LogP contribution in [0.1, 0.15) is 31.2 Å². The van der Waals surface area contributed by atoms with Crippen molar-refractivity contribution in [3.8, 4) is 5.75 Å². The average molecular weight is 559 g/mol. The van der Waals surface area contributed by atoms with Crippen molar-refractivity contribution in [1.29, 1.82) is 0 Å². The van der Waals surface area contributed by atoms with Gasteiger partial charge in [0.05, 0.1) is 28.5 Å². The zero-order valence-electron chi connectivity index (χ0n) is 21.5. The maximum Gasteiger partial charge on any atom is 0.338 e. The Morgan fingerprint density at radius 2 is 1.92 bits per heavy atom. The summed E-state index contributed by atoms with van der Waals surface area (Å²) in [6.45, 7) is 7.76. The second kappa shape index (κ2) is 11.8. The summed E-state index contributed by atoms with van der Waals surface area (Å²) in [5, 5.41) is 0.720. The summed E-state index contributed by atoms with van der Waals surface area (Å²) in [7, 11) is 0. The molecule has 0 aliphatic carbocycles. The van der Waals surface area contributed by atoms with Crippen LogP contribution in [-0.2, 0) is 9.53 Å². The third-order valence-corrected chi connectivity index (χ3v) is 7.83. The van der Waals surface area contributed by atoms with Crippen LogP contribution in [-0.4, -0.2) is 23.8 Å². The van der Waals surface area contributed by atoms with Crippen molar-refractivity contribution < 1.29 is 18.7 Å². The third-order valence-electron chi connectivity index (χ3n) is 5.92. The highest BCUT2D eigenvalue weighted by Gasteiger charge is 2.33. The first-order chi connectivity index (χ1) is 19.0. The standard InChI is InChI=1S/C30H26N2O5S2/c1-4-17-36-21-13-11-20(12-14-21)27-26(29(34)35-5-2)19(3)31-30-32(27)28(33)24(39-30)18-22-15-16-25(37-22)38-23-9-7-6-8-10-23/h4,6-16,18,27H,1,5,17H2,2-3H3/b24-18+/t27-/m0/s1. The van der Waals surface area contributed by atoms with Gasteiger partial charge in [-0.1, -0.05) is 66.1 Å². The van der Waals surface area contributed by atoms with E-state index in [1.807, 2.05) is 66.7 Å². The Balaban J connectivity index is 1.56. The van der Waals surface area contributed by atoms with Gasteiger partial charge in [-0.05, 0) is 55.8 Å². The summed E-state index contributed by atoms with van der Waals surface area (Å²) in [5.74, 6) is 0.713. The van der Waals surface area contributed by atoms with Crippen molar-refractivity contribution >= 4 is 35.1 Å². The number of ether oxygens (including phenoxy) is 2. The molecule has 1 aliphatic rings. The summed E-state index contributed by atoms with van der Waals surface area (Å²) in [5.41, 5.74) is 1.32. The Morgan fingerprint density at radius 3 is 2.64 bits per heavy atom. The van der Waals surface area contributed by atoms with E-state index in [0.29, 0.717) is 38.7 Å². The lowest BCUT2D eigenvalue weighted by Crippen LogP contribution is -2.39. The number of hydrogen-bond donors (Lipinski definition) is 0. The van der Waals surface area contributed by atoms with Crippen molar-refractivity contribution in [2.45, 2.75) is 29.9 Å². The number of benzene rings is 2. The minimum Gasteiger partial charge on any atom is -0.490 e. The zero-order valence-corrected chi connectivity index (χ0v) is 23.1. The molecule has 3 heterocycles. The molecule has 7 nitrogen and oxygen atoms in total. The fourth-order valence-electron chi connectivity index (χ4n) is 4.21. The molecule has 1 atom stereocenters. The Labute approximate surface area is 233 Å². The van der Waals surface area contributed by atoms with Crippen molar-refractivity contribution in [1.82, 2.24) is 4.57 Å². The van der Waals surface area contributed by atoms with Crippen LogP contribution in [0.5, 0.6) is 5.75 Å². The fraction of sp³-hybridized carbons (Fsp3) is 0.167. The molecule has 2 aromatic carbocycles. The molecule has 9 heteroatoms. The van der Waals surface area contributed by atoms with Crippen LogP contribution >= 0.6 is 23.1 Å². The Bertz CT molecular complexity index is 1710. The van der Waals surface area contributed by atoms with Gasteiger partial charge < -0.3 is 13.9 Å². The molecule has 0 unspecified atom stereocenters. The molecular weight excluding hydrogens is 532 g/mol. The van der Waals surface area contributed by atoms with Gasteiger partial charge in [0.15, 0.2) is 9.89 Å². The maximum atomic E-state index is 13.8. The molecular formula is C30H26N2O5S2. The highest BCUT2D eigenvalue weighted by Crippen LogP contribution is 2.32. The van der Waals surface area contributed by atoms with Gasteiger partial charge in [-0.25, -0.2) is 9.79 Å². The van der Waals surface area contributed by atoms with Crippen LogP contribution in [0, 0.1) is 0 Å².